The predicted octanol–water partition coefficient (Wildman–Crippen LogP) is 3.58. The lowest BCUT2D eigenvalue weighted by molar-refractivity contribution is 0.368. The molecular weight excluding hydrogens is 357 g/mol. The van der Waals surface area contributed by atoms with Crippen LogP contribution in [0.1, 0.15) is 28.1 Å². The minimum atomic E-state index is -0.459. The number of hydrogen-bond acceptors (Lipinski definition) is 5. The first-order valence-electron chi connectivity index (χ1n) is 9.03. The van der Waals surface area contributed by atoms with Gasteiger partial charge in [-0.15, -0.1) is 0 Å². The Bertz CT molecular complexity index is 1110. The first-order valence-corrected chi connectivity index (χ1v) is 9.03. The molecule has 0 fully saturated rings. The van der Waals surface area contributed by atoms with Gasteiger partial charge in [0.1, 0.15) is 11.5 Å². The fourth-order valence-corrected chi connectivity index (χ4v) is 3.14. The predicted molar refractivity (Wildman–Crippen MR) is 104 cm³/mol. The number of pyridine rings is 2. The van der Waals surface area contributed by atoms with Gasteiger partial charge in [0, 0.05) is 49.2 Å². The monoisotopic (exact) mass is 377 g/mol. The number of fused-ring (bicyclic) bond motifs is 1. The third kappa shape index (κ3) is 3.83. The first kappa shape index (κ1) is 18.0. The third-order valence-electron chi connectivity index (χ3n) is 4.60. The molecule has 28 heavy (non-hydrogen) atoms. The number of methoxy groups -OCH3 is 1. The van der Waals surface area contributed by atoms with Crippen LogP contribution in [0.5, 0.6) is 5.88 Å². The molecule has 0 atom stereocenters. The van der Waals surface area contributed by atoms with E-state index in [9.17, 15) is 4.39 Å². The number of hydrogen-bond donors (Lipinski definition) is 1. The number of nitrogens with one attached hydrogen (secondary N) is 1. The zero-order chi connectivity index (χ0) is 19.5. The van der Waals surface area contributed by atoms with Crippen LogP contribution in [0, 0.1) is 12.7 Å². The standard InChI is InChI=1S/C21H20FN5O/c1-13-5-17-16(12-26-20(17)25-8-13)6-15-10-23-19(24-11-15)4-3-14-7-18(22)21(28-2)27-9-14/h5,7-12H,3-4,6H2,1-2H3,(H,25,26). The summed E-state index contributed by atoms with van der Waals surface area (Å²) in [5.41, 5.74) is 5.00. The molecule has 0 amide bonds. The number of nitrogens with zero attached hydrogens (tertiary/aromatic N) is 4. The van der Waals surface area contributed by atoms with Crippen LogP contribution in [0.3, 0.4) is 0 Å². The van der Waals surface area contributed by atoms with Crippen molar-refractivity contribution in [2.45, 2.75) is 26.2 Å². The zero-order valence-corrected chi connectivity index (χ0v) is 15.7. The number of halogens is 1. The van der Waals surface area contributed by atoms with E-state index >= 15 is 0 Å². The van der Waals surface area contributed by atoms with Crippen molar-refractivity contribution in [1.29, 1.82) is 0 Å². The second kappa shape index (κ2) is 7.72. The normalized spacial score (nSPS) is 11.1. The lowest BCUT2D eigenvalue weighted by Crippen LogP contribution is -2.01. The van der Waals surface area contributed by atoms with Crippen molar-refractivity contribution in [2.24, 2.45) is 0 Å². The number of H-pyrrole nitrogens is 1. The van der Waals surface area contributed by atoms with E-state index in [1.54, 1.807) is 6.20 Å². The molecule has 142 valence electrons. The molecule has 0 aliphatic rings. The van der Waals surface area contributed by atoms with Gasteiger partial charge in [-0.1, -0.05) is 0 Å². The van der Waals surface area contributed by atoms with E-state index in [0.717, 1.165) is 40.0 Å². The fraction of sp³-hybridized carbons (Fsp3) is 0.238. The Morgan fingerprint density at radius 3 is 2.50 bits per heavy atom. The number of rotatable bonds is 6. The van der Waals surface area contributed by atoms with Crippen LogP contribution in [0.25, 0.3) is 11.0 Å². The molecule has 0 saturated carbocycles. The summed E-state index contributed by atoms with van der Waals surface area (Å²) in [4.78, 5) is 20.5. The minimum absolute atomic E-state index is 0.00651. The molecule has 0 radical (unpaired) electrons. The van der Waals surface area contributed by atoms with Gasteiger partial charge in [-0.2, -0.15) is 0 Å². The SMILES string of the molecule is COc1ncc(CCc2ncc(Cc3c[nH]c4ncc(C)cc34)cn2)cc1F. The molecule has 0 unspecified atom stereocenters. The minimum Gasteiger partial charge on any atom is -0.479 e. The van der Waals surface area contributed by atoms with E-state index in [2.05, 4.69) is 31.0 Å². The van der Waals surface area contributed by atoms with Crippen LogP contribution in [0.4, 0.5) is 4.39 Å². The van der Waals surface area contributed by atoms with E-state index < -0.39 is 5.82 Å². The van der Waals surface area contributed by atoms with Crippen molar-refractivity contribution in [3.63, 3.8) is 0 Å². The van der Waals surface area contributed by atoms with E-state index in [0.29, 0.717) is 12.8 Å². The van der Waals surface area contributed by atoms with Crippen molar-refractivity contribution >= 4 is 11.0 Å². The van der Waals surface area contributed by atoms with Crippen molar-refractivity contribution in [3.8, 4) is 5.88 Å². The Kier molecular flexibility index (Phi) is 4.97. The summed E-state index contributed by atoms with van der Waals surface area (Å²) in [5, 5.41) is 1.12. The second-order valence-corrected chi connectivity index (χ2v) is 6.74. The number of aryl methyl sites for hydroxylation is 3. The average Bonchev–Trinajstić information content (AvgIpc) is 3.09. The largest absolute Gasteiger partial charge is 0.479 e. The smallest absolute Gasteiger partial charge is 0.250 e. The summed E-state index contributed by atoms with van der Waals surface area (Å²) in [6.45, 7) is 2.03. The van der Waals surface area contributed by atoms with Crippen LogP contribution >= 0.6 is 0 Å². The van der Waals surface area contributed by atoms with Gasteiger partial charge in [-0.05, 0) is 47.7 Å². The van der Waals surface area contributed by atoms with E-state index in [4.69, 9.17) is 4.74 Å². The molecule has 0 aliphatic carbocycles. The van der Waals surface area contributed by atoms with Gasteiger partial charge in [0.05, 0.1) is 7.11 Å². The molecule has 0 aromatic carbocycles. The maximum absolute atomic E-state index is 13.7. The van der Waals surface area contributed by atoms with Crippen molar-refractivity contribution in [1.82, 2.24) is 24.9 Å². The summed E-state index contributed by atoms with van der Waals surface area (Å²) >= 11 is 0. The summed E-state index contributed by atoms with van der Waals surface area (Å²) in [7, 11) is 1.40. The maximum Gasteiger partial charge on any atom is 0.250 e. The molecule has 4 heterocycles. The highest BCUT2D eigenvalue weighted by molar-refractivity contribution is 5.80. The molecule has 6 nitrogen and oxygen atoms in total. The van der Waals surface area contributed by atoms with Crippen LogP contribution in [0.2, 0.25) is 0 Å². The molecule has 4 aromatic rings. The summed E-state index contributed by atoms with van der Waals surface area (Å²) in [6.07, 6.45) is 11.1. The van der Waals surface area contributed by atoms with E-state index in [1.165, 1.54) is 18.7 Å². The maximum atomic E-state index is 13.7. The topological polar surface area (TPSA) is 76.6 Å². The third-order valence-corrected chi connectivity index (χ3v) is 4.60. The number of aromatic nitrogens is 5. The van der Waals surface area contributed by atoms with Crippen LogP contribution in [-0.2, 0) is 19.3 Å². The van der Waals surface area contributed by atoms with Gasteiger partial charge in [0.25, 0.3) is 0 Å². The second-order valence-electron chi connectivity index (χ2n) is 6.74. The summed E-state index contributed by atoms with van der Waals surface area (Å²) in [5.74, 6) is 0.267. The Labute approximate surface area is 161 Å². The quantitative estimate of drug-likeness (QED) is 0.556. The molecular formula is C21H20FN5O. The molecule has 7 heteroatoms. The molecule has 4 rings (SSSR count). The van der Waals surface area contributed by atoms with Gasteiger partial charge in [-0.25, -0.2) is 24.3 Å². The van der Waals surface area contributed by atoms with Crippen molar-refractivity contribution in [2.75, 3.05) is 7.11 Å². The zero-order valence-electron chi connectivity index (χ0n) is 15.7. The lowest BCUT2D eigenvalue weighted by atomic mass is 10.1. The van der Waals surface area contributed by atoms with E-state index in [-0.39, 0.29) is 5.88 Å². The van der Waals surface area contributed by atoms with Gasteiger partial charge in [0.15, 0.2) is 5.82 Å². The molecule has 0 bridgehead atoms. The van der Waals surface area contributed by atoms with Gasteiger partial charge >= 0.3 is 0 Å². The Hall–Kier alpha value is -3.35. The van der Waals surface area contributed by atoms with Gasteiger partial charge in [0.2, 0.25) is 5.88 Å². The average molecular weight is 377 g/mol. The Balaban J connectivity index is 1.42. The lowest BCUT2D eigenvalue weighted by Gasteiger charge is -2.05. The van der Waals surface area contributed by atoms with Gasteiger partial charge in [-0.3, -0.25) is 0 Å². The summed E-state index contributed by atoms with van der Waals surface area (Å²) in [6, 6.07) is 3.57. The Morgan fingerprint density at radius 1 is 0.964 bits per heavy atom. The number of aromatic amines is 1. The molecule has 4 aromatic heterocycles. The summed E-state index contributed by atoms with van der Waals surface area (Å²) < 4.78 is 18.6. The van der Waals surface area contributed by atoms with Gasteiger partial charge < -0.3 is 9.72 Å². The number of ether oxygens (including phenoxy) is 1. The van der Waals surface area contributed by atoms with Crippen molar-refractivity contribution in [3.05, 3.63) is 77.0 Å². The molecule has 0 saturated heterocycles. The van der Waals surface area contributed by atoms with Crippen LogP contribution in [-0.4, -0.2) is 32.0 Å². The molecule has 0 spiro atoms. The highest BCUT2D eigenvalue weighted by atomic mass is 19.1. The Morgan fingerprint density at radius 2 is 1.75 bits per heavy atom. The fourth-order valence-electron chi connectivity index (χ4n) is 3.14. The van der Waals surface area contributed by atoms with Crippen molar-refractivity contribution < 1.29 is 9.13 Å². The van der Waals surface area contributed by atoms with Crippen LogP contribution < -0.4 is 4.74 Å². The molecule has 0 aliphatic heterocycles. The van der Waals surface area contributed by atoms with E-state index in [1.807, 2.05) is 31.7 Å². The highest BCUT2D eigenvalue weighted by Crippen LogP contribution is 2.20. The highest BCUT2D eigenvalue weighted by Gasteiger charge is 2.08. The molecule has 1 N–H and O–H groups in total. The van der Waals surface area contributed by atoms with Crippen LogP contribution in [0.15, 0.2) is 43.1 Å². The first-order chi connectivity index (χ1) is 13.6.